The van der Waals surface area contributed by atoms with E-state index < -0.39 is 0 Å². The first-order chi connectivity index (χ1) is 32.0. The van der Waals surface area contributed by atoms with Crippen LogP contribution in [0.1, 0.15) is 25.0 Å². The van der Waals surface area contributed by atoms with Crippen molar-refractivity contribution >= 4 is 43.6 Å². The SMILES string of the molecule is CC1(C)c2ccccc2-c2c1cc(-c1ccc3c(c1)c1ccccc1n3-c1ccccc1)c1c3ccccc3n(-c3ccc(-c4cc(-c5ccccc5)cc(-c5ccccc5)n4)cc3)c21. The van der Waals surface area contributed by atoms with E-state index in [1.54, 1.807) is 0 Å². The number of fused-ring (bicyclic) bond motifs is 10. The lowest BCUT2D eigenvalue weighted by Gasteiger charge is -2.23. The van der Waals surface area contributed by atoms with Crippen LogP contribution in [0, 0.1) is 0 Å². The topological polar surface area (TPSA) is 22.8 Å². The molecular weight excluding hydrogens is 787 g/mol. The monoisotopic (exact) mass is 829 g/mol. The molecule has 65 heavy (non-hydrogen) atoms. The number of para-hydroxylation sites is 3. The fourth-order valence-corrected chi connectivity index (χ4v) is 10.8. The van der Waals surface area contributed by atoms with Gasteiger partial charge in [0.25, 0.3) is 0 Å². The summed E-state index contributed by atoms with van der Waals surface area (Å²) in [5.74, 6) is 0. The molecule has 9 aromatic carbocycles. The molecule has 3 aromatic heterocycles. The van der Waals surface area contributed by atoms with Gasteiger partial charge in [0.2, 0.25) is 0 Å². The summed E-state index contributed by atoms with van der Waals surface area (Å²) >= 11 is 0. The molecule has 0 amide bonds. The lowest BCUT2D eigenvalue weighted by atomic mass is 9.81. The van der Waals surface area contributed by atoms with E-state index in [1.807, 2.05) is 0 Å². The van der Waals surface area contributed by atoms with Crippen molar-refractivity contribution in [3.8, 4) is 67.3 Å². The van der Waals surface area contributed by atoms with Crippen LogP contribution in [0.2, 0.25) is 0 Å². The number of hydrogen-bond acceptors (Lipinski definition) is 1. The third-order valence-electron chi connectivity index (χ3n) is 13.9. The Morgan fingerprint density at radius 3 is 1.62 bits per heavy atom. The maximum absolute atomic E-state index is 5.28. The highest BCUT2D eigenvalue weighted by Crippen LogP contribution is 2.55. The van der Waals surface area contributed by atoms with Gasteiger partial charge in [-0.15, -0.1) is 0 Å². The number of benzene rings is 9. The highest BCUT2D eigenvalue weighted by molar-refractivity contribution is 6.22. The molecule has 0 fully saturated rings. The summed E-state index contributed by atoms with van der Waals surface area (Å²) in [6.07, 6.45) is 0. The average molecular weight is 830 g/mol. The van der Waals surface area contributed by atoms with Crippen molar-refractivity contribution in [3.63, 3.8) is 0 Å². The average Bonchev–Trinajstić information content (AvgIpc) is 3.97. The maximum Gasteiger partial charge on any atom is 0.0715 e. The van der Waals surface area contributed by atoms with Crippen LogP contribution in [0.25, 0.3) is 111 Å². The Kier molecular flexibility index (Phi) is 8.25. The van der Waals surface area contributed by atoms with E-state index in [0.717, 1.165) is 39.5 Å². The van der Waals surface area contributed by atoms with Gasteiger partial charge in [0.1, 0.15) is 0 Å². The van der Waals surface area contributed by atoms with Gasteiger partial charge in [-0.1, -0.05) is 172 Å². The molecular formula is C62H43N3. The summed E-state index contributed by atoms with van der Waals surface area (Å²) in [6.45, 7) is 4.79. The molecule has 3 heterocycles. The summed E-state index contributed by atoms with van der Waals surface area (Å²) in [4.78, 5) is 5.28. The zero-order chi connectivity index (χ0) is 43.2. The predicted octanol–water partition coefficient (Wildman–Crippen LogP) is 16.3. The van der Waals surface area contributed by atoms with Crippen LogP contribution in [0.3, 0.4) is 0 Å². The second-order valence-electron chi connectivity index (χ2n) is 17.9. The van der Waals surface area contributed by atoms with Crippen LogP contribution in [0.5, 0.6) is 0 Å². The Balaban J connectivity index is 1.05. The van der Waals surface area contributed by atoms with Gasteiger partial charge < -0.3 is 9.13 Å². The highest BCUT2D eigenvalue weighted by atomic mass is 15.0. The molecule has 0 radical (unpaired) electrons. The largest absolute Gasteiger partial charge is 0.309 e. The van der Waals surface area contributed by atoms with Crippen molar-refractivity contribution in [1.82, 2.24) is 14.1 Å². The van der Waals surface area contributed by atoms with Gasteiger partial charge in [-0.25, -0.2) is 4.98 Å². The lowest BCUT2D eigenvalue weighted by molar-refractivity contribution is 0.661. The third-order valence-corrected chi connectivity index (χ3v) is 13.9. The lowest BCUT2D eigenvalue weighted by Crippen LogP contribution is -2.15. The van der Waals surface area contributed by atoms with Gasteiger partial charge >= 0.3 is 0 Å². The van der Waals surface area contributed by atoms with E-state index in [-0.39, 0.29) is 5.41 Å². The first kappa shape index (κ1) is 37.3. The quantitative estimate of drug-likeness (QED) is 0.164. The molecule has 0 spiro atoms. The van der Waals surface area contributed by atoms with Crippen molar-refractivity contribution in [2.24, 2.45) is 0 Å². The zero-order valence-corrected chi connectivity index (χ0v) is 36.2. The molecule has 0 atom stereocenters. The van der Waals surface area contributed by atoms with Gasteiger partial charge in [0, 0.05) is 55.0 Å². The number of pyridine rings is 1. The molecule has 1 aliphatic rings. The van der Waals surface area contributed by atoms with E-state index >= 15 is 0 Å². The van der Waals surface area contributed by atoms with Gasteiger partial charge in [0.05, 0.1) is 33.5 Å². The van der Waals surface area contributed by atoms with E-state index in [2.05, 4.69) is 247 Å². The minimum absolute atomic E-state index is 0.209. The van der Waals surface area contributed by atoms with E-state index in [0.29, 0.717) is 0 Å². The predicted molar refractivity (Wildman–Crippen MR) is 272 cm³/mol. The first-order valence-corrected chi connectivity index (χ1v) is 22.5. The van der Waals surface area contributed by atoms with Crippen LogP contribution in [-0.4, -0.2) is 14.1 Å². The minimum Gasteiger partial charge on any atom is -0.309 e. The maximum atomic E-state index is 5.28. The van der Waals surface area contributed by atoms with Crippen LogP contribution < -0.4 is 0 Å². The Morgan fingerprint density at radius 1 is 0.354 bits per heavy atom. The third kappa shape index (κ3) is 5.72. The van der Waals surface area contributed by atoms with Gasteiger partial charge in [-0.3, -0.25) is 0 Å². The summed E-state index contributed by atoms with van der Waals surface area (Å²) in [5.41, 5.74) is 21.1. The first-order valence-electron chi connectivity index (χ1n) is 22.5. The molecule has 1 aliphatic carbocycles. The fraction of sp³-hybridized carbons (Fsp3) is 0.0484. The van der Waals surface area contributed by atoms with Crippen LogP contribution in [0.15, 0.2) is 224 Å². The van der Waals surface area contributed by atoms with Crippen molar-refractivity contribution < 1.29 is 0 Å². The fourth-order valence-electron chi connectivity index (χ4n) is 10.8. The Bertz CT molecular complexity index is 3760. The second kappa shape index (κ2) is 14.4. The number of aromatic nitrogens is 3. The van der Waals surface area contributed by atoms with Crippen molar-refractivity contribution in [3.05, 3.63) is 236 Å². The van der Waals surface area contributed by atoms with Gasteiger partial charge in [0.15, 0.2) is 0 Å². The summed E-state index contributed by atoms with van der Waals surface area (Å²) in [6, 6.07) is 81.8. The summed E-state index contributed by atoms with van der Waals surface area (Å²) in [5, 5.41) is 5.01. The van der Waals surface area contributed by atoms with Crippen molar-refractivity contribution in [1.29, 1.82) is 0 Å². The van der Waals surface area contributed by atoms with E-state index in [1.165, 1.54) is 82.6 Å². The molecule has 0 saturated carbocycles. The number of rotatable bonds is 6. The van der Waals surface area contributed by atoms with Crippen LogP contribution in [0.4, 0.5) is 0 Å². The van der Waals surface area contributed by atoms with Crippen LogP contribution in [-0.2, 0) is 5.41 Å². The van der Waals surface area contributed by atoms with Crippen LogP contribution >= 0.6 is 0 Å². The molecule has 12 aromatic rings. The number of nitrogens with zero attached hydrogens (tertiary/aromatic N) is 3. The van der Waals surface area contributed by atoms with Crippen molar-refractivity contribution in [2.75, 3.05) is 0 Å². The van der Waals surface area contributed by atoms with E-state index in [4.69, 9.17) is 4.98 Å². The Labute approximate surface area is 378 Å². The standard InChI is InChI=1S/C62H43N3/c1-62(2)52-27-15-12-25-48(52)60-53(62)39-50(43-32-35-58-51(36-43)47-24-13-16-28-56(47)64(58)45-22-10-5-11-23-45)59-49-26-14-17-29-57(49)65(61(59)60)46-33-30-42(31-34-46)55-38-44(40-18-6-3-7-19-40)37-54(63-55)41-20-8-4-9-21-41/h3-39H,1-2H3. The minimum atomic E-state index is -0.209. The molecule has 0 aliphatic heterocycles. The van der Waals surface area contributed by atoms with E-state index in [9.17, 15) is 0 Å². The molecule has 0 unspecified atom stereocenters. The summed E-state index contributed by atoms with van der Waals surface area (Å²) < 4.78 is 4.93. The smallest absolute Gasteiger partial charge is 0.0715 e. The Morgan fingerprint density at radius 2 is 0.892 bits per heavy atom. The molecule has 0 saturated heterocycles. The Hall–Kier alpha value is -8.27. The number of hydrogen-bond donors (Lipinski definition) is 0. The highest BCUT2D eigenvalue weighted by Gasteiger charge is 2.39. The zero-order valence-electron chi connectivity index (χ0n) is 36.2. The summed E-state index contributed by atoms with van der Waals surface area (Å²) in [7, 11) is 0. The van der Waals surface area contributed by atoms with Crippen molar-refractivity contribution in [2.45, 2.75) is 19.3 Å². The molecule has 0 N–H and O–H groups in total. The molecule has 3 nitrogen and oxygen atoms in total. The second-order valence-corrected chi connectivity index (χ2v) is 17.9. The normalized spacial score (nSPS) is 12.9. The molecule has 306 valence electrons. The molecule has 3 heteroatoms. The molecule has 0 bridgehead atoms. The van der Waals surface area contributed by atoms with Gasteiger partial charge in [-0.2, -0.15) is 0 Å². The van der Waals surface area contributed by atoms with Gasteiger partial charge in [-0.05, 0) is 106 Å². The molecule has 13 rings (SSSR count).